The second-order valence-corrected chi connectivity index (χ2v) is 17.9. The van der Waals surface area contributed by atoms with Gasteiger partial charge in [-0.15, -0.1) is 0 Å². The predicted molar refractivity (Wildman–Crippen MR) is 250 cm³/mol. The van der Waals surface area contributed by atoms with E-state index in [2.05, 4.69) is 31.3 Å². The predicted octanol–water partition coefficient (Wildman–Crippen LogP) is 15.3. The summed E-state index contributed by atoms with van der Waals surface area (Å²) >= 11 is 0. The second-order valence-electron chi connectivity index (χ2n) is 17.9. The average Bonchev–Trinajstić information content (AvgIpc) is 3.22. The monoisotopic (exact) mass is 820 g/mol. The average molecular weight is 820 g/mol. The summed E-state index contributed by atoms with van der Waals surface area (Å²) in [5, 5.41) is 23.2. The van der Waals surface area contributed by atoms with Crippen molar-refractivity contribution in [2.45, 2.75) is 296 Å². The van der Waals surface area contributed by atoms with E-state index in [4.69, 9.17) is 4.74 Å². The molecule has 0 spiro atoms. The van der Waals surface area contributed by atoms with E-state index < -0.39 is 12.1 Å². The molecule has 6 heteroatoms. The first-order chi connectivity index (χ1) is 28.5. The third-order valence-electron chi connectivity index (χ3n) is 12.1. The molecule has 2 atom stereocenters. The molecule has 0 rings (SSSR count). The lowest BCUT2D eigenvalue weighted by atomic mass is 10.0. The van der Waals surface area contributed by atoms with Crippen LogP contribution in [0.1, 0.15) is 284 Å². The highest BCUT2D eigenvalue weighted by Crippen LogP contribution is 2.17. The number of esters is 1. The van der Waals surface area contributed by atoms with Gasteiger partial charge in [-0.1, -0.05) is 231 Å². The number of amides is 1. The number of ether oxygens (including phenoxy) is 1. The van der Waals surface area contributed by atoms with Crippen molar-refractivity contribution in [3.63, 3.8) is 0 Å². The zero-order valence-corrected chi connectivity index (χ0v) is 39.0. The number of aliphatic hydroxyl groups is 2. The molecular formula is C52H101NO5. The van der Waals surface area contributed by atoms with Crippen LogP contribution in [0.2, 0.25) is 0 Å². The standard InChI is InChI=1S/C52H101NO5/c1-3-5-7-9-11-13-15-17-19-20-22-26-30-34-38-42-46-52(57)58-47-43-39-35-31-27-23-25-29-33-37-41-45-51(56)53-49(48-54)50(55)44-40-36-32-28-24-21-18-16-14-12-10-8-6-4-2/h27,31,49-50,54-55H,3-26,28-30,32-48H2,1-2H3,(H,53,56)/b31-27-. The first kappa shape index (κ1) is 56.6. The van der Waals surface area contributed by atoms with Crippen LogP contribution in [0.25, 0.3) is 0 Å². The minimum Gasteiger partial charge on any atom is -0.466 e. The van der Waals surface area contributed by atoms with Gasteiger partial charge in [-0.05, 0) is 51.4 Å². The number of aliphatic hydroxyl groups excluding tert-OH is 2. The van der Waals surface area contributed by atoms with Crippen LogP contribution in [-0.4, -0.2) is 47.4 Å². The summed E-state index contributed by atoms with van der Waals surface area (Å²) in [5.41, 5.74) is 0. The number of rotatable bonds is 48. The highest BCUT2D eigenvalue weighted by Gasteiger charge is 2.20. The van der Waals surface area contributed by atoms with Crippen molar-refractivity contribution in [2.24, 2.45) is 0 Å². The van der Waals surface area contributed by atoms with E-state index in [0.717, 1.165) is 77.0 Å². The highest BCUT2D eigenvalue weighted by atomic mass is 16.5. The summed E-state index contributed by atoms with van der Waals surface area (Å²) in [6.45, 7) is 4.88. The maximum atomic E-state index is 12.4. The first-order valence-electron chi connectivity index (χ1n) is 25.9. The Bertz CT molecular complexity index is 863. The number of allylic oxidation sites excluding steroid dienone is 2. The zero-order chi connectivity index (χ0) is 42.3. The van der Waals surface area contributed by atoms with Gasteiger partial charge in [-0.25, -0.2) is 0 Å². The van der Waals surface area contributed by atoms with Crippen LogP contribution in [0.3, 0.4) is 0 Å². The van der Waals surface area contributed by atoms with Gasteiger partial charge >= 0.3 is 5.97 Å². The molecule has 0 aliphatic heterocycles. The Morgan fingerprint density at radius 2 is 0.810 bits per heavy atom. The van der Waals surface area contributed by atoms with Crippen molar-refractivity contribution < 1.29 is 24.5 Å². The molecule has 6 nitrogen and oxygen atoms in total. The molecule has 0 fully saturated rings. The number of nitrogens with one attached hydrogen (secondary N) is 1. The Morgan fingerprint density at radius 1 is 0.466 bits per heavy atom. The van der Waals surface area contributed by atoms with Gasteiger partial charge in [-0.3, -0.25) is 9.59 Å². The van der Waals surface area contributed by atoms with E-state index in [1.165, 1.54) is 173 Å². The Labute approximate surface area is 361 Å². The van der Waals surface area contributed by atoms with Crippen LogP contribution in [0.4, 0.5) is 0 Å². The van der Waals surface area contributed by atoms with Crippen LogP contribution in [0.15, 0.2) is 12.2 Å². The lowest BCUT2D eigenvalue weighted by molar-refractivity contribution is -0.143. The summed E-state index contributed by atoms with van der Waals surface area (Å²) in [7, 11) is 0. The van der Waals surface area contributed by atoms with Crippen LogP contribution in [0, 0.1) is 0 Å². The van der Waals surface area contributed by atoms with Gasteiger partial charge in [0.15, 0.2) is 0 Å². The lowest BCUT2D eigenvalue weighted by Gasteiger charge is -2.22. The molecule has 0 bridgehead atoms. The molecule has 0 aliphatic carbocycles. The molecule has 0 saturated heterocycles. The highest BCUT2D eigenvalue weighted by molar-refractivity contribution is 5.76. The molecule has 0 aliphatic rings. The van der Waals surface area contributed by atoms with E-state index in [1.54, 1.807) is 0 Å². The van der Waals surface area contributed by atoms with Crippen LogP contribution in [-0.2, 0) is 14.3 Å². The Hall–Kier alpha value is -1.40. The fourth-order valence-electron chi connectivity index (χ4n) is 8.05. The van der Waals surface area contributed by atoms with Crippen molar-refractivity contribution in [1.29, 1.82) is 0 Å². The van der Waals surface area contributed by atoms with Gasteiger partial charge in [-0.2, -0.15) is 0 Å². The molecule has 3 N–H and O–H groups in total. The normalized spacial score (nSPS) is 12.7. The molecule has 0 aromatic rings. The molecular weight excluding hydrogens is 719 g/mol. The molecule has 58 heavy (non-hydrogen) atoms. The minimum atomic E-state index is -0.680. The largest absolute Gasteiger partial charge is 0.466 e. The molecule has 0 aromatic carbocycles. The molecule has 2 unspecified atom stereocenters. The van der Waals surface area contributed by atoms with Gasteiger partial charge in [0, 0.05) is 12.8 Å². The van der Waals surface area contributed by atoms with Crippen LogP contribution >= 0.6 is 0 Å². The van der Waals surface area contributed by atoms with Gasteiger partial charge < -0.3 is 20.3 Å². The van der Waals surface area contributed by atoms with Crippen molar-refractivity contribution in [3.8, 4) is 0 Å². The second kappa shape index (κ2) is 48.3. The number of hydrogen-bond donors (Lipinski definition) is 3. The van der Waals surface area contributed by atoms with Crippen LogP contribution < -0.4 is 5.32 Å². The van der Waals surface area contributed by atoms with Crippen LogP contribution in [0.5, 0.6) is 0 Å². The number of carbonyl (C=O) groups is 2. The quantitative estimate of drug-likeness (QED) is 0.0323. The Balaban J connectivity index is 3.49. The van der Waals surface area contributed by atoms with Crippen molar-refractivity contribution >= 4 is 11.9 Å². The fraction of sp³-hybridized carbons (Fsp3) is 0.923. The topological polar surface area (TPSA) is 95.9 Å². The SMILES string of the molecule is CCCCCCCCCCCCCCCCCCC(=O)OCCCC/C=C\CCCCCCCC(=O)NC(CO)C(O)CCCCCCCCCCCCCCCC. The maximum Gasteiger partial charge on any atom is 0.305 e. The molecule has 0 aromatic heterocycles. The van der Waals surface area contributed by atoms with E-state index in [0.29, 0.717) is 25.9 Å². The summed E-state index contributed by atoms with van der Waals surface area (Å²) in [6, 6.07) is -0.560. The first-order valence-corrected chi connectivity index (χ1v) is 25.9. The number of carbonyl (C=O) groups excluding carboxylic acids is 2. The smallest absolute Gasteiger partial charge is 0.305 e. The molecule has 0 heterocycles. The maximum absolute atomic E-state index is 12.4. The molecule has 344 valence electrons. The summed E-state index contributed by atoms with van der Waals surface area (Å²) < 4.78 is 5.44. The van der Waals surface area contributed by atoms with Crippen molar-refractivity contribution in [2.75, 3.05) is 13.2 Å². The molecule has 0 saturated carbocycles. The summed E-state index contributed by atoms with van der Waals surface area (Å²) in [5.74, 6) is -0.0903. The van der Waals surface area contributed by atoms with Crippen molar-refractivity contribution in [3.05, 3.63) is 12.2 Å². The third-order valence-corrected chi connectivity index (χ3v) is 12.1. The van der Waals surface area contributed by atoms with E-state index in [1.807, 2.05) is 0 Å². The Morgan fingerprint density at radius 3 is 1.22 bits per heavy atom. The van der Waals surface area contributed by atoms with Gasteiger partial charge in [0.05, 0.1) is 25.4 Å². The van der Waals surface area contributed by atoms with Gasteiger partial charge in [0.1, 0.15) is 0 Å². The summed E-state index contributed by atoms with van der Waals surface area (Å²) in [6.07, 6.45) is 54.7. The van der Waals surface area contributed by atoms with Crippen molar-refractivity contribution in [1.82, 2.24) is 5.32 Å². The molecule has 0 radical (unpaired) electrons. The fourth-order valence-corrected chi connectivity index (χ4v) is 8.05. The number of hydrogen-bond acceptors (Lipinski definition) is 5. The summed E-state index contributed by atoms with van der Waals surface area (Å²) in [4.78, 5) is 24.5. The van der Waals surface area contributed by atoms with E-state index in [-0.39, 0.29) is 18.5 Å². The van der Waals surface area contributed by atoms with Gasteiger partial charge in [0.25, 0.3) is 0 Å². The van der Waals surface area contributed by atoms with Gasteiger partial charge in [0.2, 0.25) is 5.91 Å². The third kappa shape index (κ3) is 44.2. The Kier molecular flexibility index (Phi) is 47.1. The van der Waals surface area contributed by atoms with E-state index in [9.17, 15) is 19.8 Å². The zero-order valence-electron chi connectivity index (χ0n) is 39.0. The minimum absolute atomic E-state index is 0.0275. The molecule has 1 amide bonds. The number of unbranched alkanes of at least 4 members (excludes halogenated alkanes) is 35. The lowest BCUT2D eigenvalue weighted by Crippen LogP contribution is -2.45. The van der Waals surface area contributed by atoms with E-state index >= 15 is 0 Å².